The lowest BCUT2D eigenvalue weighted by Gasteiger charge is -2.23. The van der Waals surface area contributed by atoms with E-state index in [0.717, 1.165) is 57.8 Å². The number of amides is 1. The van der Waals surface area contributed by atoms with E-state index in [9.17, 15) is 22.9 Å². The molecule has 0 bridgehead atoms. The lowest BCUT2D eigenvalue weighted by Crippen LogP contribution is -2.47. The summed E-state index contributed by atoms with van der Waals surface area (Å²) in [6.07, 6.45) is 48.6. The van der Waals surface area contributed by atoms with Gasteiger partial charge in [0.05, 0.1) is 17.9 Å². The van der Waals surface area contributed by atoms with Gasteiger partial charge in [-0.05, 0) is 51.4 Å². The average molecular weight is 690 g/mol. The number of aliphatic hydroxyl groups excluding tert-OH is 1. The quantitative estimate of drug-likeness (QED) is 0.0361. The fourth-order valence-electron chi connectivity index (χ4n) is 5.36. The zero-order valence-electron chi connectivity index (χ0n) is 30.6. The molecule has 0 rings (SSSR count). The van der Waals surface area contributed by atoms with E-state index >= 15 is 0 Å². The van der Waals surface area contributed by atoms with Gasteiger partial charge in [0.1, 0.15) is 0 Å². The van der Waals surface area contributed by atoms with Gasteiger partial charge >= 0.3 is 0 Å². The number of carbonyl (C=O) groups is 1. The second-order valence-electron chi connectivity index (χ2n) is 12.8. The van der Waals surface area contributed by atoms with E-state index < -0.39 is 28.0 Å². The van der Waals surface area contributed by atoms with Crippen LogP contribution in [0, 0.1) is 0 Å². The maximum Gasteiger partial charge on any atom is 0.266 e. The number of hydrogen-bond acceptors (Lipinski definition) is 4. The van der Waals surface area contributed by atoms with Crippen molar-refractivity contribution in [2.24, 2.45) is 0 Å². The van der Waals surface area contributed by atoms with E-state index in [1.165, 1.54) is 70.6 Å². The first-order valence-corrected chi connectivity index (χ1v) is 20.7. The van der Waals surface area contributed by atoms with E-state index in [4.69, 9.17) is 0 Å². The molecule has 0 fully saturated rings. The van der Waals surface area contributed by atoms with Gasteiger partial charge in [-0.1, -0.05) is 177 Å². The Morgan fingerprint density at radius 1 is 0.583 bits per heavy atom. The van der Waals surface area contributed by atoms with Gasteiger partial charge in [-0.2, -0.15) is 8.42 Å². The molecule has 0 aliphatic carbocycles. The zero-order valence-corrected chi connectivity index (χ0v) is 31.4. The Bertz CT molecular complexity index is 1030. The first-order chi connectivity index (χ1) is 23.3. The molecule has 276 valence electrons. The minimum absolute atomic E-state index is 0.190. The Balaban J connectivity index is 4.08. The van der Waals surface area contributed by atoms with Crippen molar-refractivity contribution in [1.29, 1.82) is 0 Å². The third-order valence-electron chi connectivity index (χ3n) is 8.19. The van der Waals surface area contributed by atoms with Gasteiger partial charge in [-0.25, -0.2) is 0 Å². The molecule has 0 aromatic rings. The number of aliphatic hydroxyl groups is 1. The smallest absolute Gasteiger partial charge is 0.266 e. The summed E-state index contributed by atoms with van der Waals surface area (Å²) in [6, 6.07) is -1.01. The molecule has 2 atom stereocenters. The Kier molecular flexibility index (Phi) is 33.0. The van der Waals surface area contributed by atoms with Crippen molar-refractivity contribution in [2.45, 2.75) is 174 Å². The lowest BCUT2D eigenvalue weighted by molar-refractivity contribution is -0.122. The van der Waals surface area contributed by atoms with Gasteiger partial charge in [0, 0.05) is 6.42 Å². The highest BCUT2D eigenvalue weighted by molar-refractivity contribution is 7.85. The number of carbonyl (C=O) groups excluding carboxylic acids is 1. The summed E-state index contributed by atoms with van der Waals surface area (Å²) in [6.45, 7) is 4.39. The van der Waals surface area contributed by atoms with Crippen LogP contribution in [-0.4, -0.2) is 41.9 Å². The fraction of sp³-hybridized carbons (Fsp3) is 0.683. The second-order valence-corrected chi connectivity index (χ2v) is 14.3. The Hall–Kier alpha value is -2.22. The van der Waals surface area contributed by atoms with Crippen LogP contribution in [0.3, 0.4) is 0 Å². The maximum atomic E-state index is 12.5. The molecule has 0 aromatic heterocycles. The molecule has 0 aromatic carbocycles. The number of allylic oxidation sites excluding steroid dienone is 12. The monoisotopic (exact) mass is 690 g/mol. The van der Waals surface area contributed by atoms with Crippen molar-refractivity contribution < 1.29 is 22.9 Å². The molecule has 3 N–H and O–H groups in total. The van der Waals surface area contributed by atoms with Crippen LogP contribution in [0.25, 0.3) is 0 Å². The predicted molar refractivity (Wildman–Crippen MR) is 207 cm³/mol. The molecular weight excluding hydrogens is 619 g/mol. The highest BCUT2D eigenvalue weighted by atomic mass is 32.2. The van der Waals surface area contributed by atoms with Crippen LogP contribution >= 0.6 is 0 Å². The molecule has 0 radical (unpaired) electrons. The van der Waals surface area contributed by atoms with Crippen molar-refractivity contribution in [3.05, 3.63) is 72.9 Å². The third-order valence-corrected chi connectivity index (χ3v) is 8.97. The molecule has 0 spiro atoms. The maximum absolute atomic E-state index is 12.5. The molecule has 2 unspecified atom stereocenters. The SMILES string of the molecule is CC/C=C\C/C=C\C/C=C\C/C=C\C/C=C\C/C=C\CCC(=O)NC(CS(=O)(=O)O)C(O)CCCCCCCCCCCCCCCC. The van der Waals surface area contributed by atoms with Gasteiger partial charge in [0.15, 0.2) is 0 Å². The second kappa shape index (κ2) is 34.6. The van der Waals surface area contributed by atoms with Crippen molar-refractivity contribution in [3.63, 3.8) is 0 Å². The summed E-state index contributed by atoms with van der Waals surface area (Å²) in [7, 11) is -4.34. The van der Waals surface area contributed by atoms with E-state index in [0.29, 0.717) is 12.8 Å². The van der Waals surface area contributed by atoms with E-state index in [2.05, 4.69) is 79.9 Å². The number of unbranched alkanes of at least 4 members (excludes halogenated alkanes) is 13. The summed E-state index contributed by atoms with van der Waals surface area (Å²) in [4.78, 5) is 12.5. The van der Waals surface area contributed by atoms with Gasteiger partial charge in [0.25, 0.3) is 10.1 Å². The van der Waals surface area contributed by atoms with Crippen LogP contribution < -0.4 is 5.32 Å². The normalized spacial score (nSPS) is 14.2. The number of rotatable bonds is 33. The van der Waals surface area contributed by atoms with Gasteiger partial charge in [0.2, 0.25) is 5.91 Å². The van der Waals surface area contributed by atoms with Gasteiger partial charge in [-0.15, -0.1) is 0 Å². The standard InChI is InChI=1S/C41H71NO5S/c1-3-5-7-9-11-13-15-17-19-20-21-22-23-25-27-29-31-33-35-37-41(44)42-39(38-48(45,46)47)40(43)36-34-32-30-28-26-24-18-16-14-12-10-8-6-4-2/h5,7,11,13,17,19,21-22,25,27,31,33,39-40,43H,3-4,6,8-10,12,14-16,18,20,23-24,26,28-30,32,34-38H2,1-2H3,(H,42,44)(H,45,46,47)/b7-5-,13-11-,19-17-,22-21-,27-25-,33-31-. The Morgan fingerprint density at radius 3 is 1.35 bits per heavy atom. The fourth-order valence-corrected chi connectivity index (χ4v) is 6.12. The zero-order chi connectivity index (χ0) is 35.4. The number of hydrogen-bond donors (Lipinski definition) is 3. The molecule has 0 aliphatic heterocycles. The van der Waals surface area contributed by atoms with Crippen molar-refractivity contribution in [3.8, 4) is 0 Å². The lowest BCUT2D eigenvalue weighted by atomic mass is 10.0. The van der Waals surface area contributed by atoms with Crippen LogP contribution in [0.5, 0.6) is 0 Å². The summed E-state index contributed by atoms with van der Waals surface area (Å²) >= 11 is 0. The Morgan fingerprint density at radius 2 is 0.958 bits per heavy atom. The molecule has 0 heterocycles. The van der Waals surface area contributed by atoms with Crippen LogP contribution in [0.1, 0.15) is 162 Å². The van der Waals surface area contributed by atoms with Crippen molar-refractivity contribution in [1.82, 2.24) is 5.32 Å². The third kappa shape index (κ3) is 35.1. The van der Waals surface area contributed by atoms with Gasteiger partial charge in [-0.3, -0.25) is 9.35 Å². The first kappa shape index (κ1) is 45.8. The molecule has 6 nitrogen and oxygen atoms in total. The average Bonchev–Trinajstić information content (AvgIpc) is 3.05. The summed E-state index contributed by atoms with van der Waals surface area (Å²) in [5.41, 5.74) is 0. The Labute approximate surface area is 295 Å². The van der Waals surface area contributed by atoms with E-state index in [1.54, 1.807) is 0 Å². The molecule has 7 heteroatoms. The summed E-state index contributed by atoms with van der Waals surface area (Å²) in [5, 5.41) is 13.3. The molecule has 0 saturated heterocycles. The minimum atomic E-state index is -4.34. The molecule has 48 heavy (non-hydrogen) atoms. The minimum Gasteiger partial charge on any atom is -0.391 e. The van der Waals surface area contributed by atoms with Crippen LogP contribution in [0.4, 0.5) is 0 Å². The summed E-state index contributed by atoms with van der Waals surface area (Å²) in [5.74, 6) is -1.01. The first-order valence-electron chi connectivity index (χ1n) is 19.1. The largest absolute Gasteiger partial charge is 0.391 e. The highest BCUT2D eigenvalue weighted by Crippen LogP contribution is 2.15. The molecule has 1 amide bonds. The topological polar surface area (TPSA) is 104 Å². The molecular formula is C41H71NO5S. The van der Waals surface area contributed by atoms with Crippen molar-refractivity contribution in [2.75, 3.05) is 5.75 Å². The van der Waals surface area contributed by atoms with E-state index in [1.807, 2.05) is 12.2 Å². The highest BCUT2D eigenvalue weighted by Gasteiger charge is 2.25. The predicted octanol–water partition coefficient (Wildman–Crippen LogP) is 11.1. The van der Waals surface area contributed by atoms with E-state index in [-0.39, 0.29) is 12.3 Å². The van der Waals surface area contributed by atoms with Crippen molar-refractivity contribution >= 4 is 16.0 Å². The molecule has 0 saturated carbocycles. The van der Waals surface area contributed by atoms with Crippen LogP contribution in [-0.2, 0) is 14.9 Å². The van der Waals surface area contributed by atoms with Crippen LogP contribution in [0.15, 0.2) is 72.9 Å². The number of nitrogens with one attached hydrogen (secondary N) is 1. The summed E-state index contributed by atoms with van der Waals surface area (Å²) < 4.78 is 32.4. The molecule has 0 aliphatic rings. The van der Waals surface area contributed by atoms with Gasteiger partial charge < -0.3 is 10.4 Å². The van der Waals surface area contributed by atoms with Crippen LogP contribution in [0.2, 0.25) is 0 Å².